The first-order chi connectivity index (χ1) is 15.5. The Morgan fingerprint density at radius 3 is 2.66 bits per heavy atom. The van der Waals surface area contributed by atoms with Crippen LogP contribution in [0.3, 0.4) is 0 Å². The number of amides is 1. The maximum absolute atomic E-state index is 11.7. The van der Waals surface area contributed by atoms with E-state index in [1.807, 2.05) is 23.1 Å². The van der Waals surface area contributed by atoms with Crippen molar-refractivity contribution in [2.45, 2.75) is 24.8 Å². The predicted molar refractivity (Wildman–Crippen MR) is 135 cm³/mol. The van der Waals surface area contributed by atoms with Crippen LogP contribution in [0.2, 0.25) is 5.02 Å². The molecule has 32 heavy (non-hydrogen) atoms. The van der Waals surface area contributed by atoms with Crippen molar-refractivity contribution in [2.24, 2.45) is 0 Å². The van der Waals surface area contributed by atoms with Crippen LogP contribution in [0, 0.1) is 0 Å². The lowest BCUT2D eigenvalue weighted by Gasteiger charge is -2.36. The van der Waals surface area contributed by atoms with Crippen LogP contribution in [0.15, 0.2) is 53.4 Å². The van der Waals surface area contributed by atoms with E-state index in [2.05, 4.69) is 46.8 Å². The lowest BCUT2D eigenvalue weighted by molar-refractivity contribution is -0.129. The summed E-state index contributed by atoms with van der Waals surface area (Å²) < 4.78 is 0. The van der Waals surface area contributed by atoms with Gasteiger partial charge in [-0.05, 0) is 55.1 Å². The van der Waals surface area contributed by atoms with Gasteiger partial charge in [0, 0.05) is 60.5 Å². The van der Waals surface area contributed by atoms with Crippen molar-refractivity contribution in [3.8, 4) is 0 Å². The molecule has 1 aliphatic rings. The number of anilines is 1. The molecule has 0 atom stereocenters. The molecule has 0 aliphatic carbocycles. The van der Waals surface area contributed by atoms with Gasteiger partial charge in [-0.15, -0.1) is 11.8 Å². The van der Waals surface area contributed by atoms with Crippen LogP contribution in [0.4, 0.5) is 5.82 Å². The molecule has 2 aromatic carbocycles. The lowest BCUT2D eigenvalue weighted by atomic mass is 10.1. The van der Waals surface area contributed by atoms with E-state index in [0.29, 0.717) is 0 Å². The van der Waals surface area contributed by atoms with Gasteiger partial charge in [0.05, 0.1) is 5.52 Å². The van der Waals surface area contributed by atoms with Crippen molar-refractivity contribution >= 4 is 46.0 Å². The van der Waals surface area contributed by atoms with Crippen LogP contribution in [0.25, 0.3) is 10.9 Å². The van der Waals surface area contributed by atoms with Crippen molar-refractivity contribution in [2.75, 3.05) is 43.9 Å². The summed E-state index contributed by atoms with van der Waals surface area (Å²) >= 11 is 7.84. The zero-order valence-electron chi connectivity index (χ0n) is 18.6. The van der Waals surface area contributed by atoms with Crippen LogP contribution < -0.4 is 10.2 Å². The van der Waals surface area contributed by atoms with Crippen LogP contribution in [0.5, 0.6) is 0 Å². The highest BCUT2D eigenvalue weighted by molar-refractivity contribution is 7.98. The predicted octanol–water partition coefficient (Wildman–Crippen LogP) is 4.61. The quantitative estimate of drug-likeness (QED) is 0.405. The van der Waals surface area contributed by atoms with E-state index in [4.69, 9.17) is 16.6 Å². The highest BCUT2D eigenvalue weighted by Crippen LogP contribution is 2.27. The first-order valence-corrected chi connectivity index (χ1v) is 12.6. The van der Waals surface area contributed by atoms with E-state index in [0.717, 1.165) is 67.4 Å². The largest absolute Gasteiger partial charge is 0.353 e. The zero-order valence-corrected chi connectivity index (χ0v) is 20.2. The van der Waals surface area contributed by atoms with Crippen LogP contribution >= 0.6 is 23.4 Å². The van der Waals surface area contributed by atoms with Crippen LogP contribution in [0.1, 0.15) is 18.1 Å². The van der Waals surface area contributed by atoms with E-state index in [-0.39, 0.29) is 5.91 Å². The van der Waals surface area contributed by atoms with Gasteiger partial charge < -0.3 is 15.1 Å². The van der Waals surface area contributed by atoms with Gasteiger partial charge in [0.25, 0.3) is 0 Å². The van der Waals surface area contributed by atoms with Gasteiger partial charge in [0.2, 0.25) is 5.91 Å². The fraction of sp³-hybridized carbons (Fsp3) is 0.360. The zero-order chi connectivity index (χ0) is 22.5. The number of hydrogen-bond acceptors (Lipinski definition) is 5. The molecular weight excluding hydrogens is 440 g/mol. The molecule has 4 rings (SSSR count). The number of nitrogens with one attached hydrogen (secondary N) is 1. The summed E-state index contributed by atoms with van der Waals surface area (Å²) in [5.41, 5.74) is 3.44. The number of piperazine rings is 1. The summed E-state index contributed by atoms with van der Waals surface area (Å²) in [6, 6.07) is 16.7. The minimum Gasteiger partial charge on any atom is -0.353 e. The SMILES string of the molecule is CSc1ccc2cc(CNCCc3cccc(Cl)c3)c(N3CCN(C(C)=O)CC3)nc2c1. The van der Waals surface area contributed by atoms with Gasteiger partial charge in [-0.25, -0.2) is 4.98 Å². The van der Waals surface area contributed by atoms with Crippen molar-refractivity contribution in [3.63, 3.8) is 0 Å². The number of halogens is 1. The highest BCUT2D eigenvalue weighted by atomic mass is 35.5. The molecule has 1 saturated heterocycles. The molecule has 0 radical (unpaired) electrons. The summed E-state index contributed by atoms with van der Waals surface area (Å²) in [7, 11) is 0. The number of aromatic nitrogens is 1. The fourth-order valence-electron chi connectivity index (χ4n) is 4.09. The third kappa shape index (κ3) is 5.55. The van der Waals surface area contributed by atoms with Gasteiger partial charge in [-0.2, -0.15) is 0 Å². The Morgan fingerprint density at radius 2 is 1.94 bits per heavy atom. The summed E-state index contributed by atoms with van der Waals surface area (Å²) in [5, 5.41) is 5.51. The van der Waals surface area contributed by atoms with Crippen LogP contribution in [-0.2, 0) is 17.8 Å². The number of rotatable bonds is 7. The lowest BCUT2D eigenvalue weighted by Crippen LogP contribution is -2.48. The van der Waals surface area contributed by atoms with E-state index in [1.165, 1.54) is 16.0 Å². The minimum atomic E-state index is 0.142. The number of pyridine rings is 1. The Morgan fingerprint density at radius 1 is 1.12 bits per heavy atom. The smallest absolute Gasteiger partial charge is 0.219 e. The second-order valence-corrected chi connectivity index (χ2v) is 9.40. The van der Waals surface area contributed by atoms with Gasteiger partial charge >= 0.3 is 0 Å². The van der Waals surface area contributed by atoms with Gasteiger partial charge in [-0.3, -0.25) is 4.79 Å². The molecule has 1 aromatic heterocycles. The molecule has 7 heteroatoms. The van der Waals surface area contributed by atoms with Crippen molar-refractivity contribution in [1.29, 1.82) is 0 Å². The van der Waals surface area contributed by atoms with Gasteiger partial charge in [0.1, 0.15) is 5.82 Å². The molecule has 5 nitrogen and oxygen atoms in total. The van der Waals surface area contributed by atoms with E-state index < -0.39 is 0 Å². The Hall–Kier alpha value is -2.28. The van der Waals surface area contributed by atoms with Gasteiger partial charge in [0.15, 0.2) is 0 Å². The Kier molecular flexibility index (Phi) is 7.55. The standard InChI is InChI=1S/C25H29ClN4OS/c1-18(31)29-10-12-30(13-11-29)25-21(15-20-6-7-23(32-2)16-24(20)28-25)17-27-9-8-19-4-3-5-22(26)14-19/h3-7,14-16,27H,8-13,17H2,1-2H3. The number of fused-ring (bicyclic) bond motifs is 1. The molecule has 1 N–H and O–H groups in total. The Labute approximate surface area is 199 Å². The number of carbonyl (C=O) groups is 1. The summed E-state index contributed by atoms with van der Waals surface area (Å²) in [6.45, 7) is 6.33. The fourth-order valence-corrected chi connectivity index (χ4v) is 4.74. The molecular formula is C25H29ClN4OS. The van der Waals surface area contributed by atoms with Crippen molar-refractivity contribution in [3.05, 3.63) is 64.7 Å². The molecule has 0 saturated carbocycles. The molecule has 0 unspecified atom stereocenters. The first-order valence-electron chi connectivity index (χ1n) is 11.0. The monoisotopic (exact) mass is 468 g/mol. The first kappa shape index (κ1) is 22.9. The molecule has 3 aromatic rings. The topological polar surface area (TPSA) is 48.5 Å². The Balaban J connectivity index is 1.52. The second-order valence-electron chi connectivity index (χ2n) is 8.08. The molecule has 1 aliphatic heterocycles. The van der Waals surface area contributed by atoms with Crippen molar-refractivity contribution in [1.82, 2.24) is 15.2 Å². The molecule has 0 bridgehead atoms. The minimum absolute atomic E-state index is 0.142. The van der Waals surface area contributed by atoms with E-state index in [1.54, 1.807) is 18.7 Å². The molecule has 2 heterocycles. The van der Waals surface area contributed by atoms with E-state index in [9.17, 15) is 4.79 Å². The normalized spacial score (nSPS) is 14.2. The second kappa shape index (κ2) is 10.6. The van der Waals surface area contributed by atoms with Gasteiger partial charge in [-0.1, -0.05) is 29.8 Å². The summed E-state index contributed by atoms with van der Waals surface area (Å²) in [4.78, 5) is 22.3. The summed E-state index contributed by atoms with van der Waals surface area (Å²) in [6.07, 6.45) is 3.01. The average molecular weight is 469 g/mol. The van der Waals surface area contributed by atoms with Crippen molar-refractivity contribution < 1.29 is 4.79 Å². The third-order valence-corrected chi connectivity index (χ3v) is 6.86. The van der Waals surface area contributed by atoms with Crippen LogP contribution in [-0.4, -0.2) is 54.8 Å². The number of hydrogen-bond donors (Lipinski definition) is 1. The number of benzene rings is 2. The highest BCUT2D eigenvalue weighted by Gasteiger charge is 2.22. The maximum atomic E-state index is 11.7. The van der Waals surface area contributed by atoms with E-state index >= 15 is 0 Å². The molecule has 1 amide bonds. The molecule has 0 spiro atoms. The number of nitrogens with zero attached hydrogens (tertiary/aromatic N) is 3. The third-order valence-electron chi connectivity index (χ3n) is 5.90. The maximum Gasteiger partial charge on any atom is 0.219 e. The summed E-state index contributed by atoms with van der Waals surface area (Å²) in [5.74, 6) is 1.16. The average Bonchev–Trinajstić information content (AvgIpc) is 2.81. The Bertz CT molecular complexity index is 1100. The number of carbonyl (C=O) groups excluding carboxylic acids is 1. The molecule has 1 fully saturated rings. The molecule has 168 valence electrons. The number of thioether (sulfide) groups is 1.